The van der Waals surface area contributed by atoms with E-state index < -0.39 is 0 Å². The lowest BCUT2D eigenvalue weighted by molar-refractivity contribution is 0.357. The summed E-state index contributed by atoms with van der Waals surface area (Å²) in [5.74, 6) is 1.62. The first-order valence-corrected chi connectivity index (χ1v) is 7.28. The molecule has 4 rings (SSSR count). The molecule has 0 atom stereocenters. The number of ether oxygens (including phenoxy) is 1. The maximum Gasteiger partial charge on any atom is 0.161 e. The third-order valence-electron chi connectivity index (χ3n) is 3.75. The van der Waals surface area contributed by atoms with E-state index in [1.807, 2.05) is 37.3 Å². The highest BCUT2D eigenvalue weighted by Crippen LogP contribution is 2.31. The third-order valence-corrected chi connectivity index (χ3v) is 4.04. The number of fused-ring (bicyclic) bond motifs is 2. The largest absolute Gasteiger partial charge is 0.493 e. The number of benzene rings is 2. The van der Waals surface area contributed by atoms with Crippen LogP contribution < -0.4 is 4.74 Å². The van der Waals surface area contributed by atoms with E-state index >= 15 is 0 Å². The Morgan fingerprint density at radius 3 is 2.90 bits per heavy atom. The Labute approximate surface area is 127 Å². The second-order valence-corrected chi connectivity index (χ2v) is 5.64. The lowest BCUT2D eigenvalue weighted by atomic mass is 10.1. The average Bonchev–Trinajstić information content (AvgIpc) is 2.95. The molecule has 4 heteroatoms. The molecule has 21 heavy (non-hydrogen) atoms. The first kappa shape index (κ1) is 12.6. The van der Waals surface area contributed by atoms with Crippen LogP contribution in [0.3, 0.4) is 0 Å². The second kappa shape index (κ2) is 4.71. The summed E-state index contributed by atoms with van der Waals surface area (Å²) in [4.78, 5) is 9.09. The van der Waals surface area contributed by atoms with Crippen molar-refractivity contribution in [1.82, 2.24) is 9.97 Å². The van der Waals surface area contributed by atoms with E-state index in [9.17, 15) is 0 Å². The van der Waals surface area contributed by atoms with Crippen LogP contribution >= 0.6 is 11.6 Å². The Balaban J connectivity index is 1.89. The van der Waals surface area contributed by atoms with Crippen LogP contribution in [0.4, 0.5) is 0 Å². The van der Waals surface area contributed by atoms with E-state index in [0.29, 0.717) is 11.0 Å². The molecule has 2 aromatic carbocycles. The number of aryl methyl sites for hydroxylation is 1. The molecule has 0 fully saturated rings. The van der Waals surface area contributed by atoms with Crippen LogP contribution in [-0.4, -0.2) is 16.6 Å². The van der Waals surface area contributed by atoms with E-state index in [1.165, 1.54) is 5.56 Å². The Morgan fingerprint density at radius 1 is 1.10 bits per heavy atom. The van der Waals surface area contributed by atoms with Crippen LogP contribution in [0.25, 0.3) is 22.3 Å². The zero-order valence-corrected chi connectivity index (χ0v) is 12.3. The van der Waals surface area contributed by atoms with Crippen molar-refractivity contribution < 1.29 is 4.74 Å². The fraction of sp³-hybridized carbons (Fsp3) is 0.176. The molecule has 0 radical (unpaired) electrons. The second-order valence-electron chi connectivity index (χ2n) is 5.28. The first-order chi connectivity index (χ1) is 10.2. The molecule has 0 spiro atoms. The molecule has 2 heterocycles. The molecular weight excluding hydrogens is 284 g/mol. The third kappa shape index (κ3) is 2.14. The van der Waals surface area contributed by atoms with E-state index in [1.54, 1.807) is 0 Å². The Bertz CT molecular complexity index is 861. The number of rotatable bonds is 1. The SMILES string of the molecule is Cc1ccc2nc(-c3ccc4c(c3)CCO4)nc(Cl)c2c1. The number of hydrogen-bond donors (Lipinski definition) is 0. The number of hydrogen-bond acceptors (Lipinski definition) is 3. The van der Waals surface area contributed by atoms with E-state index in [0.717, 1.165) is 40.8 Å². The molecule has 1 aliphatic heterocycles. The van der Waals surface area contributed by atoms with Gasteiger partial charge < -0.3 is 4.74 Å². The molecule has 0 bridgehead atoms. The van der Waals surface area contributed by atoms with Crippen molar-refractivity contribution in [2.24, 2.45) is 0 Å². The summed E-state index contributed by atoms with van der Waals surface area (Å²) < 4.78 is 5.53. The van der Waals surface area contributed by atoms with Crippen LogP contribution in [0.15, 0.2) is 36.4 Å². The normalized spacial score (nSPS) is 13.2. The van der Waals surface area contributed by atoms with Crippen LogP contribution in [-0.2, 0) is 6.42 Å². The number of halogens is 1. The van der Waals surface area contributed by atoms with Crippen LogP contribution in [0, 0.1) is 6.92 Å². The summed E-state index contributed by atoms with van der Waals surface area (Å²) in [6.07, 6.45) is 0.934. The van der Waals surface area contributed by atoms with Gasteiger partial charge in [-0.25, -0.2) is 9.97 Å². The Kier molecular flexibility index (Phi) is 2.82. The quantitative estimate of drug-likeness (QED) is 0.631. The van der Waals surface area contributed by atoms with Gasteiger partial charge in [-0.1, -0.05) is 23.2 Å². The van der Waals surface area contributed by atoms with E-state index in [-0.39, 0.29) is 0 Å². The summed E-state index contributed by atoms with van der Waals surface area (Å²) >= 11 is 6.33. The van der Waals surface area contributed by atoms with Gasteiger partial charge in [-0.05, 0) is 42.8 Å². The van der Waals surface area contributed by atoms with Crippen molar-refractivity contribution in [3.63, 3.8) is 0 Å². The van der Waals surface area contributed by atoms with Gasteiger partial charge in [0.2, 0.25) is 0 Å². The monoisotopic (exact) mass is 296 g/mol. The average molecular weight is 297 g/mol. The minimum atomic E-state index is 0.496. The Hall–Kier alpha value is -2.13. The van der Waals surface area contributed by atoms with Gasteiger partial charge in [0.1, 0.15) is 10.9 Å². The molecular formula is C17H13ClN2O. The standard InChI is InChI=1S/C17H13ClN2O/c1-10-2-4-14-13(8-10)16(18)20-17(19-14)12-3-5-15-11(9-12)6-7-21-15/h2-5,8-9H,6-7H2,1H3. The van der Waals surface area contributed by atoms with Crippen LogP contribution in [0.5, 0.6) is 5.75 Å². The minimum Gasteiger partial charge on any atom is -0.493 e. The van der Waals surface area contributed by atoms with Crippen molar-refractivity contribution in [2.75, 3.05) is 6.61 Å². The van der Waals surface area contributed by atoms with Gasteiger partial charge in [0.15, 0.2) is 5.82 Å². The molecule has 0 aliphatic carbocycles. The van der Waals surface area contributed by atoms with Crippen LogP contribution in [0.2, 0.25) is 5.15 Å². The van der Waals surface area contributed by atoms with Gasteiger partial charge in [0, 0.05) is 17.4 Å². The zero-order chi connectivity index (χ0) is 14.4. The first-order valence-electron chi connectivity index (χ1n) is 6.91. The van der Waals surface area contributed by atoms with Gasteiger partial charge in [0.25, 0.3) is 0 Å². The molecule has 0 N–H and O–H groups in total. The lowest BCUT2D eigenvalue weighted by Crippen LogP contribution is -1.93. The van der Waals surface area contributed by atoms with Gasteiger partial charge >= 0.3 is 0 Å². The topological polar surface area (TPSA) is 35.0 Å². The molecule has 1 aliphatic rings. The highest BCUT2D eigenvalue weighted by atomic mass is 35.5. The fourth-order valence-electron chi connectivity index (χ4n) is 2.66. The van der Waals surface area contributed by atoms with Crippen molar-refractivity contribution in [2.45, 2.75) is 13.3 Å². The molecule has 0 saturated heterocycles. The maximum atomic E-state index is 6.33. The van der Waals surface area contributed by atoms with Crippen molar-refractivity contribution in [1.29, 1.82) is 0 Å². The molecule has 104 valence electrons. The lowest BCUT2D eigenvalue weighted by Gasteiger charge is -2.07. The van der Waals surface area contributed by atoms with E-state index in [2.05, 4.69) is 16.0 Å². The van der Waals surface area contributed by atoms with Gasteiger partial charge in [0.05, 0.1) is 12.1 Å². The summed E-state index contributed by atoms with van der Waals surface area (Å²) in [7, 11) is 0. The Morgan fingerprint density at radius 2 is 2.00 bits per heavy atom. The smallest absolute Gasteiger partial charge is 0.161 e. The fourth-order valence-corrected chi connectivity index (χ4v) is 2.89. The molecule has 0 unspecified atom stereocenters. The highest BCUT2D eigenvalue weighted by Gasteiger charge is 2.14. The van der Waals surface area contributed by atoms with Gasteiger partial charge in [-0.3, -0.25) is 0 Å². The maximum absolute atomic E-state index is 6.33. The minimum absolute atomic E-state index is 0.496. The molecule has 1 aromatic heterocycles. The summed E-state index contributed by atoms with van der Waals surface area (Å²) in [5, 5.41) is 1.39. The highest BCUT2D eigenvalue weighted by molar-refractivity contribution is 6.34. The molecule has 0 saturated carbocycles. The number of nitrogens with zero attached hydrogens (tertiary/aromatic N) is 2. The predicted molar refractivity (Wildman–Crippen MR) is 83.9 cm³/mol. The van der Waals surface area contributed by atoms with Crippen molar-refractivity contribution in [3.8, 4) is 17.1 Å². The van der Waals surface area contributed by atoms with Gasteiger partial charge in [-0.15, -0.1) is 0 Å². The predicted octanol–water partition coefficient (Wildman–Crippen LogP) is 4.19. The van der Waals surface area contributed by atoms with Crippen LogP contribution in [0.1, 0.15) is 11.1 Å². The van der Waals surface area contributed by atoms with E-state index in [4.69, 9.17) is 16.3 Å². The van der Waals surface area contributed by atoms with Crippen molar-refractivity contribution in [3.05, 3.63) is 52.7 Å². The molecule has 0 amide bonds. The number of aromatic nitrogens is 2. The molecule has 3 aromatic rings. The molecule has 3 nitrogen and oxygen atoms in total. The summed E-state index contributed by atoms with van der Waals surface area (Å²) in [6, 6.07) is 12.1. The summed E-state index contributed by atoms with van der Waals surface area (Å²) in [6.45, 7) is 2.78. The van der Waals surface area contributed by atoms with Crippen molar-refractivity contribution >= 4 is 22.5 Å². The van der Waals surface area contributed by atoms with Gasteiger partial charge in [-0.2, -0.15) is 0 Å². The summed E-state index contributed by atoms with van der Waals surface area (Å²) in [5.41, 5.74) is 4.20. The zero-order valence-electron chi connectivity index (χ0n) is 11.6.